The van der Waals surface area contributed by atoms with Crippen LogP contribution in [0.25, 0.3) is 0 Å². The minimum absolute atomic E-state index is 0.0932. The second kappa shape index (κ2) is 14.6. The van der Waals surface area contributed by atoms with Crippen LogP contribution in [0.1, 0.15) is 62.3 Å². The van der Waals surface area contributed by atoms with E-state index in [4.69, 9.17) is 33.2 Å². The standard InChI is InChI=1S/C45H47NO15/c1-20-28-31(60-41(53)26-15-11-9-12-16-26)29-36-45-34(30(46(36)8)38(57-23(4)50)44(29,37(20)56-22(3)49)35(45)32(28)55-21(2)48)43(7,19-47)39(58-24(5)51)33(40(45)59-25(6)52)61-42(54)27-17-13-10-14-18-27/h9-19,28-40H,1H2,2-8H3/t28-,29?,30+,31+,32+,33-,34+,35?,36?,37-,38+,39-,40+,43-,44-,45+/m0/s1. The van der Waals surface area contributed by atoms with Crippen molar-refractivity contribution < 1.29 is 71.5 Å². The zero-order chi connectivity index (χ0) is 44.1. The van der Waals surface area contributed by atoms with Gasteiger partial charge in [-0.25, -0.2) is 9.59 Å². The molecule has 2 aromatic rings. The fraction of sp³-hybridized carbons (Fsp3) is 0.511. The predicted octanol–water partition coefficient (Wildman–Crippen LogP) is 3.05. The van der Waals surface area contributed by atoms with Crippen molar-refractivity contribution in [3.63, 3.8) is 0 Å². The van der Waals surface area contributed by atoms with E-state index in [0.29, 0.717) is 6.29 Å². The van der Waals surface area contributed by atoms with Crippen LogP contribution >= 0.6 is 0 Å². The molecule has 0 amide bonds. The molecule has 0 aromatic heterocycles. The Hall–Kier alpha value is -5.90. The number of hydrogen-bond acceptors (Lipinski definition) is 16. The molecule has 10 rings (SSSR count). The van der Waals surface area contributed by atoms with E-state index in [1.165, 1.54) is 39.8 Å². The highest BCUT2D eigenvalue weighted by molar-refractivity contribution is 5.90. The number of likely N-dealkylation sites (N-methyl/N-ethyl adjacent to an activating group) is 1. The number of rotatable bonds is 10. The quantitative estimate of drug-likeness (QED) is 0.146. The lowest BCUT2D eigenvalue weighted by Crippen LogP contribution is -2.83. The van der Waals surface area contributed by atoms with Gasteiger partial charge in [-0.1, -0.05) is 43.0 Å². The SMILES string of the molecule is C=C1[C@H]2[C@@H](OC(=O)c3ccccc3)C3C4N(C)[C@H]5[C@@H](OC(C)=O)[C@@]3(C([C@@H]2OC(C)=O)[C@@]42[C@H](OC(C)=O)[C@@H](OC(=O)c3ccccc3)[C@H](OC(C)=O)[C@@](C)(C=O)[C@@H]52)[C@H]1OC(C)=O. The summed E-state index contributed by atoms with van der Waals surface area (Å²) >= 11 is 0. The Kier molecular flexibility index (Phi) is 10.0. The molecule has 6 aliphatic carbocycles. The Morgan fingerprint density at radius 3 is 1.56 bits per heavy atom. The minimum atomic E-state index is -1.83. The van der Waals surface area contributed by atoms with Crippen LogP contribution in [0.5, 0.6) is 0 Å². The lowest BCUT2D eigenvalue weighted by molar-refractivity contribution is -0.321. The van der Waals surface area contributed by atoms with Gasteiger partial charge in [0, 0.05) is 63.8 Å². The third kappa shape index (κ3) is 5.66. The van der Waals surface area contributed by atoms with Crippen LogP contribution in [0.15, 0.2) is 72.8 Å². The molecular formula is C45H47NO15. The molecular weight excluding hydrogens is 794 g/mol. The first-order valence-electron chi connectivity index (χ1n) is 20.1. The lowest BCUT2D eigenvalue weighted by atomic mass is 9.36. The molecule has 2 spiro atoms. The number of benzene rings is 2. The van der Waals surface area contributed by atoms with Crippen molar-refractivity contribution >= 4 is 48.1 Å². The highest BCUT2D eigenvalue weighted by Gasteiger charge is 2.97. The van der Waals surface area contributed by atoms with E-state index in [9.17, 15) is 38.4 Å². The van der Waals surface area contributed by atoms with E-state index < -0.39 is 137 Å². The van der Waals surface area contributed by atoms with E-state index in [-0.39, 0.29) is 16.7 Å². The molecule has 3 unspecified atom stereocenters. The van der Waals surface area contributed by atoms with Crippen LogP contribution in [0.2, 0.25) is 0 Å². The zero-order valence-corrected chi connectivity index (χ0v) is 34.6. The topological polar surface area (TPSA) is 204 Å². The Labute approximate surface area is 351 Å². The molecule has 6 saturated carbocycles. The molecule has 2 aromatic carbocycles. The van der Waals surface area contributed by atoms with Crippen molar-refractivity contribution in [2.75, 3.05) is 7.05 Å². The van der Waals surface area contributed by atoms with Crippen molar-refractivity contribution in [2.45, 2.75) is 96.4 Å². The van der Waals surface area contributed by atoms with Crippen LogP contribution in [0, 0.1) is 39.9 Å². The number of carbonyl (C=O) groups is 8. The van der Waals surface area contributed by atoms with Gasteiger partial charge in [0.05, 0.1) is 33.9 Å². The minimum Gasteiger partial charge on any atom is -0.461 e. The zero-order valence-electron chi connectivity index (χ0n) is 34.6. The molecule has 8 aliphatic rings. The highest BCUT2D eigenvalue weighted by Crippen LogP contribution is 2.86. The van der Waals surface area contributed by atoms with Crippen molar-refractivity contribution in [3.05, 3.63) is 83.9 Å². The molecule has 7 bridgehead atoms. The second-order valence-electron chi connectivity index (χ2n) is 17.3. The maximum atomic E-state index is 14.2. The fourth-order valence-electron chi connectivity index (χ4n) is 13.3. The summed E-state index contributed by atoms with van der Waals surface area (Å²) in [6, 6.07) is 14.1. The number of nitrogens with zero attached hydrogens (tertiary/aromatic N) is 1. The third-order valence-electron chi connectivity index (χ3n) is 14.3. The van der Waals surface area contributed by atoms with Gasteiger partial charge in [-0.05, 0) is 43.8 Å². The van der Waals surface area contributed by atoms with Crippen LogP contribution < -0.4 is 0 Å². The van der Waals surface area contributed by atoms with Crippen LogP contribution in [-0.4, -0.2) is 115 Å². The monoisotopic (exact) mass is 841 g/mol. The van der Waals surface area contributed by atoms with Crippen molar-refractivity contribution in [1.29, 1.82) is 0 Å². The summed E-state index contributed by atoms with van der Waals surface area (Å²) in [5.74, 6) is -9.91. The summed E-state index contributed by atoms with van der Waals surface area (Å²) in [6.45, 7) is 11.8. The highest BCUT2D eigenvalue weighted by atomic mass is 16.6. The molecule has 2 saturated heterocycles. The van der Waals surface area contributed by atoms with E-state index in [0.717, 1.165) is 13.8 Å². The molecule has 8 fully saturated rings. The Balaban J connectivity index is 1.48. The average Bonchev–Trinajstić information content (AvgIpc) is 3.52. The third-order valence-corrected chi connectivity index (χ3v) is 14.3. The summed E-state index contributed by atoms with van der Waals surface area (Å²) in [5, 5.41) is 0. The van der Waals surface area contributed by atoms with Crippen molar-refractivity contribution in [2.24, 2.45) is 39.9 Å². The Morgan fingerprint density at radius 2 is 1.07 bits per heavy atom. The molecule has 16 nitrogen and oxygen atoms in total. The molecule has 2 heterocycles. The molecule has 322 valence electrons. The lowest BCUT2D eigenvalue weighted by Gasteiger charge is -2.71. The van der Waals surface area contributed by atoms with Crippen molar-refractivity contribution in [3.8, 4) is 0 Å². The first-order chi connectivity index (χ1) is 28.9. The second-order valence-corrected chi connectivity index (χ2v) is 17.3. The van der Waals surface area contributed by atoms with Gasteiger partial charge in [0.1, 0.15) is 30.7 Å². The maximum Gasteiger partial charge on any atom is 0.338 e. The normalized spacial score (nSPS) is 39.6. The summed E-state index contributed by atoms with van der Waals surface area (Å²) in [5.41, 5.74) is -4.65. The Morgan fingerprint density at radius 1 is 0.590 bits per heavy atom. The van der Waals surface area contributed by atoms with Gasteiger partial charge in [-0.2, -0.15) is 0 Å². The van der Waals surface area contributed by atoms with E-state index in [1.807, 2.05) is 4.90 Å². The Bertz CT molecular complexity index is 2230. The number of aldehydes is 1. The van der Waals surface area contributed by atoms with Crippen LogP contribution in [0.3, 0.4) is 0 Å². The molecule has 16 atom stereocenters. The number of hydrogen-bond donors (Lipinski definition) is 0. The number of carbonyl (C=O) groups excluding carboxylic acids is 8. The smallest absolute Gasteiger partial charge is 0.338 e. The summed E-state index contributed by atoms with van der Waals surface area (Å²) in [4.78, 5) is 111. The average molecular weight is 842 g/mol. The number of fused-ring (bicyclic) bond motifs is 1. The number of esters is 7. The van der Waals surface area contributed by atoms with Gasteiger partial charge in [-0.3, -0.25) is 28.9 Å². The van der Waals surface area contributed by atoms with Gasteiger partial charge >= 0.3 is 41.8 Å². The summed E-state index contributed by atoms with van der Waals surface area (Å²) < 4.78 is 44.3. The molecule has 0 N–H and O–H groups in total. The number of piperidine rings is 1. The summed E-state index contributed by atoms with van der Waals surface area (Å²) in [6.07, 6.45) is -9.44. The van der Waals surface area contributed by atoms with Gasteiger partial charge in [0.25, 0.3) is 0 Å². The van der Waals surface area contributed by atoms with Gasteiger partial charge < -0.3 is 38.0 Å². The van der Waals surface area contributed by atoms with Gasteiger partial charge in [0.2, 0.25) is 0 Å². The molecule has 2 aliphatic heterocycles. The molecule has 0 radical (unpaired) electrons. The molecule has 16 heteroatoms. The van der Waals surface area contributed by atoms with Gasteiger partial charge in [0.15, 0.2) is 18.3 Å². The first kappa shape index (κ1) is 41.8. The maximum absolute atomic E-state index is 14.2. The van der Waals surface area contributed by atoms with E-state index in [2.05, 4.69) is 6.58 Å². The summed E-state index contributed by atoms with van der Waals surface area (Å²) in [7, 11) is 1.72. The van der Waals surface area contributed by atoms with Gasteiger partial charge in [-0.15, -0.1) is 0 Å². The van der Waals surface area contributed by atoms with Crippen molar-refractivity contribution in [1.82, 2.24) is 4.90 Å². The van der Waals surface area contributed by atoms with E-state index in [1.54, 1.807) is 55.6 Å². The first-order valence-corrected chi connectivity index (χ1v) is 20.1. The van der Waals surface area contributed by atoms with E-state index >= 15 is 0 Å². The fourth-order valence-corrected chi connectivity index (χ4v) is 13.3. The number of ether oxygens (including phenoxy) is 7. The van der Waals surface area contributed by atoms with Crippen LogP contribution in [0.4, 0.5) is 0 Å². The molecule has 61 heavy (non-hydrogen) atoms. The predicted molar refractivity (Wildman–Crippen MR) is 207 cm³/mol. The largest absolute Gasteiger partial charge is 0.461 e. The van der Waals surface area contributed by atoms with Crippen LogP contribution in [-0.2, 0) is 61.9 Å².